The summed E-state index contributed by atoms with van der Waals surface area (Å²) in [6.07, 6.45) is 11.2. The molecule has 0 saturated heterocycles. The third kappa shape index (κ3) is 2.31. The number of allylic oxidation sites excluding steroid dienone is 2. The lowest BCUT2D eigenvalue weighted by molar-refractivity contribution is 0.642. The fourth-order valence-corrected chi connectivity index (χ4v) is 4.09. The van der Waals surface area contributed by atoms with E-state index in [-0.39, 0.29) is 0 Å². The highest BCUT2D eigenvalue weighted by Gasteiger charge is 2.23. The van der Waals surface area contributed by atoms with E-state index in [4.69, 9.17) is 23.2 Å². The number of fused-ring (bicyclic) bond motifs is 2. The number of hydrogen-bond acceptors (Lipinski definition) is 0. The minimum absolute atomic E-state index is 0.477. The topological polar surface area (TPSA) is 0 Å². The molecule has 0 radical (unpaired) electrons. The zero-order valence-corrected chi connectivity index (χ0v) is 13.6. The van der Waals surface area contributed by atoms with Crippen molar-refractivity contribution >= 4 is 35.4 Å². The van der Waals surface area contributed by atoms with Crippen LogP contribution in [-0.2, 0) is 0 Å². The molecule has 2 atom stereocenters. The van der Waals surface area contributed by atoms with Gasteiger partial charge in [-0.15, -0.1) is 0 Å². The summed E-state index contributed by atoms with van der Waals surface area (Å²) in [4.78, 5) is 0. The summed E-state index contributed by atoms with van der Waals surface area (Å²) in [5.74, 6) is 0.954. The van der Waals surface area contributed by atoms with Crippen LogP contribution in [0.15, 0.2) is 48.6 Å². The molecule has 0 aromatic heterocycles. The van der Waals surface area contributed by atoms with Gasteiger partial charge in [-0.25, -0.2) is 0 Å². The highest BCUT2D eigenvalue weighted by molar-refractivity contribution is 6.32. The summed E-state index contributed by atoms with van der Waals surface area (Å²) in [5.41, 5.74) is 5.11. The Morgan fingerprint density at radius 3 is 1.59 bits per heavy atom. The summed E-state index contributed by atoms with van der Waals surface area (Å²) >= 11 is 12.5. The first-order valence-corrected chi connectivity index (χ1v) is 8.43. The molecule has 0 bridgehead atoms. The SMILES string of the molecule is Clc1cccc2c1C=CC2CCC1C=Cc2c(Cl)cccc21. The van der Waals surface area contributed by atoms with Crippen molar-refractivity contribution in [2.75, 3.05) is 0 Å². The molecular weight excluding hydrogens is 311 g/mol. The Bertz CT molecular complexity index is 719. The summed E-state index contributed by atoms with van der Waals surface area (Å²) in [6.45, 7) is 0. The Balaban J connectivity index is 1.51. The normalized spacial score (nSPS) is 21.2. The van der Waals surface area contributed by atoms with Gasteiger partial charge >= 0.3 is 0 Å². The Kier molecular flexibility index (Phi) is 3.60. The molecule has 0 saturated carbocycles. The van der Waals surface area contributed by atoms with Crippen molar-refractivity contribution in [2.24, 2.45) is 0 Å². The second-order valence-corrected chi connectivity index (χ2v) is 6.81. The zero-order chi connectivity index (χ0) is 15.1. The third-order valence-corrected chi connectivity index (χ3v) is 5.41. The van der Waals surface area contributed by atoms with Crippen LogP contribution in [0.4, 0.5) is 0 Å². The van der Waals surface area contributed by atoms with Crippen molar-refractivity contribution in [1.82, 2.24) is 0 Å². The minimum atomic E-state index is 0.477. The number of rotatable bonds is 3. The van der Waals surface area contributed by atoms with Gasteiger partial charge in [-0.1, -0.05) is 71.8 Å². The Hall–Kier alpha value is -1.50. The van der Waals surface area contributed by atoms with Gasteiger partial charge in [-0.3, -0.25) is 0 Å². The number of hydrogen-bond donors (Lipinski definition) is 0. The molecule has 0 heterocycles. The molecule has 2 unspecified atom stereocenters. The van der Waals surface area contributed by atoms with E-state index >= 15 is 0 Å². The smallest absolute Gasteiger partial charge is 0.0481 e. The first-order chi connectivity index (χ1) is 10.7. The summed E-state index contributed by atoms with van der Waals surface area (Å²) in [6, 6.07) is 12.4. The van der Waals surface area contributed by atoms with Crippen LogP contribution < -0.4 is 0 Å². The second-order valence-electron chi connectivity index (χ2n) is 5.99. The van der Waals surface area contributed by atoms with Crippen molar-refractivity contribution < 1.29 is 0 Å². The van der Waals surface area contributed by atoms with Crippen molar-refractivity contribution in [3.05, 3.63) is 80.8 Å². The molecule has 2 aromatic carbocycles. The zero-order valence-electron chi connectivity index (χ0n) is 12.1. The van der Waals surface area contributed by atoms with E-state index in [1.807, 2.05) is 24.3 Å². The predicted molar refractivity (Wildman–Crippen MR) is 95.7 cm³/mol. The molecule has 2 aliphatic carbocycles. The third-order valence-electron chi connectivity index (χ3n) is 4.75. The van der Waals surface area contributed by atoms with Gasteiger partial charge < -0.3 is 0 Å². The van der Waals surface area contributed by atoms with E-state index in [1.54, 1.807) is 0 Å². The molecule has 0 fully saturated rings. The van der Waals surface area contributed by atoms with Crippen LogP contribution in [0.3, 0.4) is 0 Å². The van der Waals surface area contributed by atoms with E-state index in [1.165, 1.54) is 22.3 Å². The average Bonchev–Trinajstić information content (AvgIpc) is 3.11. The van der Waals surface area contributed by atoms with Crippen molar-refractivity contribution in [3.8, 4) is 0 Å². The van der Waals surface area contributed by atoms with E-state index in [2.05, 4.69) is 36.4 Å². The van der Waals surface area contributed by atoms with Gasteiger partial charge in [-0.05, 0) is 47.2 Å². The lowest BCUT2D eigenvalue weighted by Gasteiger charge is -2.15. The van der Waals surface area contributed by atoms with E-state index in [0.29, 0.717) is 11.8 Å². The standard InChI is InChI=1S/C20H16Cl2/c21-19-5-1-3-15-13(9-11-17(15)19)7-8-14-10-12-18-16(14)4-2-6-20(18)22/h1-6,9-14H,7-8H2. The fourth-order valence-electron chi connectivity index (χ4n) is 3.60. The highest BCUT2D eigenvalue weighted by Crippen LogP contribution is 2.41. The lowest BCUT2D eigenvalue weighted by Crippen LogP contribution is -1.99. The van der Waals surface area contributed by atoms with Gasteiger partial charge in [0, 0.05) is 21.9 Å². The van der Waals surface area contributed by atoms with Crippen molar-refractivity contribution in [2.45, 2.75) is 24.7 Å². The molecule has 0 spiro atoms. The maximum absolute atomic E-state index is 6.27. The molecule has 0 amide bonds. The molecule has 110 valence electrons. The maximum atomic E-state index is 6.27. The second kappa shape index (κ2) is 5.61. The van der Waals surface area contributed by atoms with Crippen molar-refractivity contribution in [3.63, 3.8) is 0 Å². The van der Waals surface area contributed by atoms with Gasteiger partial charge in [0.2, 0.25) is 0 Å². The van der Waals surface area contributed by atoms with Crippen LogP contribution in [0.1, 0.15) is 46.9 Å². The maximum Gasteiger partial charge on any atom is 0.0481 e. The van der Waals surface area contributed by atoms with Gasteiger partial charge in [0.1, 0.15) is 0 Å². The summed E-state index contributed by atoms with van der Waals surface area (Å²) in [5, 5.41) is 1.71. The minimum Gasteiger partial charge on any atom is -0.0837 e. The van der Waals surface area contributed by atoms with Gasteiger partial charge in [-0.2, -0.15) is 0 Å². The Labute approximate surface area is 141 Å². The number of benzene rings is 2. The van der Waals surface area contributed by atoms with Crippen LogP contribution in [-0.4, -0.2) is 0 Å². The number of halogens is 2. The van der Waals surface area contributed by atoms with Crippen LogP contribution in [0.2, 0.25) is 10.0 Å². The van der Waals surface area contributed by atoms with Crippen LogP contribution >= 0.6 is 23.2 Å². The molecule has 2 aromatic rings. The molecule has 2 aliphatic rings. The lowest BCUT2D eigenvalue weighted by atomic mass is 9.89. The first kappa shape index (κ1) is 14.1. The Morgan fingerprint density at radius 1 is 0.682 bits per heavy atom. The molecule has 0 nitrogen and oxygen atoms in total. The summed E-state index contributed by atoms with van der Waals surface area (Å²) in [7, 11) is 0. The fraction of sp³-hybridized carbons (Fsp3) is 0.200. The Morgan fingerprint density at radius 2 is 1.14 bits per heavy atom. The van der Waals surface area contributed by atoms with Gasteiger partial charge in [0.15, 0.2) is 0 Å². The van der Waals surface area contributed by atoms with E-state index in [9.17, 15) is 0 Å². The molecule has 4 rings (SSSR count). The van der Waals surface area contributed by atoms with Crippen LogP contribution in [0, 0.1) is 0 Å². The average molecular weight is 327 g/mol. The largest absolute Gasteiger partial charge is 0.0837 e. The highest BCUT2D eigenvalue weighted by atomic mass is 35.5. The molecular formula is C20H16Cl2. The first-order valence-electron chi connectivity index (χ1n) is 7.67. The van der Waals surface area contributed by atoms with E-state index < -0.39 is 0 Å². The molecule has 2 heteroatoms. The van der Waals surface area contributed by atoms with E-state index in [0.717, 1.165) is 22.9 Å². The van der Waals surface area contributed by atoms with Crippen molar-refractivity contribution in [1.29, 1.82) is 0 Å². The quantitative estimate of drug-likeness (QED) is 0.589. The predicted octanol–water partition coefficient (Wildman–Crippen LogP) is 6.69. The van der Waals surface area contributed by atoms with Crippen LogP contribution in [0.5, 0.6) is 0 Å². The molecule has 0 N–H and O–H groups in total. The summed E-state index contributed by atoms with van der Waals surface area (Å²) < 4.78 is 0. The monoisotopic (exact) mass is 326 g/mol. The van der Waals surface area contributed by atoms with Gasteiger partial charge in [0.25, 0.3) is 0 Å². The van der Waals surface area contributed by atoms with Gasteiger partial charge in [0.05, 0.1) is 0 Å². The molecule has 22 heavy (non-hydrogen) atoms. The molecule has 0 aliphatic heterocycles. The van der Waals surface area contributed by atoms with Crippen LogP contribution in [0.25, 0.3) is 12.2 Å².